The summed E-state index contributed by atoms with van der Waals surface area (Å²) in [6.45, 7) is 12.3. The lowest BCUT2D eigenvalue weighted by Gasteiger charge is -2.39. The number of amides is 5. The molecule has 2 aliphatic rings. The predicted molar refractivity (Wildman–Crippen MR) is 212 cm³/mol. The van der Waals surface area contributed by atoms with Crippen LogP contribution in [0.5, 0.6) is 0 Å². The van der Waals surface area contributed by atoms with Crippen molar-refractivity contribution < 1.29 is 43.3 Å². The Balaban J connectivity index is 1.72. The molecule has 2 heterocycles. The smallest absolute Gasteiger partial charge is 0.410 e. The zero-order valence-corrected chi connectivity index (χ0v) is 35.2. The molecule has 10 atom stereocenters. The Kier molecular flexibility index (Phi) is 18.5. The fourth-order valence-corrected chi connectivity index (χ4v) is 8.11. The molecule has 0 radical (unpaired) electrons. The maximum Gasteiger partial charge on any atom is 0.410 e. The second kappa shape index (κ2) is 22.2. The molecule has 0 aromatic heterocycles. The Bertz CT molecular complexity index is 1430. The van der Waals surface area contributed by atoms with Crippen molar-refractivity contribution in [2.75, 3.05) is 54.5 Å². The molecular weight excluding hydrogens is 720 g/mol. The first-order chi connectivity index (χ1) is 26.6. The molecular formula is C41H68N6O9. The summed E-state index contributed by atoms with van der Waals surface area (Å²) in [5, 5.41) is 18.7. The van der Waals surface area contributed by atoms with E-state index in [2.05, 4.69) is 16.0 Å². The van der Waals surface area contributed by atoms with Crippen molar-refractivity contribution >= 4 is 29.7 Å². The van der Waals surface area contributed by atoms with Gasteiger partial charge in [0.1, 0.15) is 6.10 Å². The van der Waals surface area contributed by atoms with Gasteiger partial charge in [0.25, 0.3) is 0 Å². The standard InChI is InChI=1S/C41H68N6O9/c1-11-26(4)36(45(8)34(50)23-43-40(52)35(42-7)25(2)3)32(54-9)22-33(49)47-20-15-18-31(47)37(55-10)27(5)39(51)44-28(6)38(29-16-13-12-14-17-29)56-41(53)46-21-19-30(48)24-46/h12-14,16-17,25-28,30-32,35-38,42,48H,11,15,18-24H2,1-10H3,(H,43,52)(H,44,51). The van der Waals surface area contributed by atoms with Gasteiger partial charge in [-0.05, 0) is 50.6 Å². The summed E-state index contributed by atoms with van der Waals surface area (Å²) in [7, 11) is 6.46. The molecule has 0 saturated carbocycles. The first-order valence-corrected chi connectivity index (χ1v) is 20.1. The Labute approximate surface area is 333 Å². The average molecular weight is 789 g/mol. The number of aliphatic hydroxyl groups is 1. The number of likely N-dealkylation sites (tertiary alicyclic amines) is 2. The highest BCUT2D eigenvalue weighted by atomic mass is 16.6. The number of β-amino-alcohol motifs (C(OH)–C–C–N with tert-alkyl or cyclic N) is 1. The van der Waals surface area contributed by atoms with Gasteiger partial charge < -0.3 is 50.0 Å². The van der Waals surface area contributed by atoms with E-state index in [9.17, 15) is 29.1 Å². The van der Waals surface area contributed by atoms with Crippen molar-refractivity contribution in [2.24, 2.45) is 17.8 Å². The van der Waals surface area contributed by atoms with Gasteiger partial charge in [-0.15, -0.1) is 0 Å². The average Bonchev–Trinajstić information content (AvgIpc) is 3.85. The van der Waals surface area contributed by atoms with Gasteiger partial charge in [0.05, 0.1) is 61.4 Å². The number of likely N-dealkylation sites (N-methyl/N-ethyl adjacent to an activating group) is 2. The lowest BCUT2D eigenvalue weighted by atomic mass is 9.90. The quantitative estimate of drug-likeness (QED) is 0.154. The fraction of sp³-hybridized carbons (Fsp3) is 0.732. The molecule has 1 aromatic carbocycles. The van der Waals surface area contributed by atoms with Crippen LogP contribution < -0.4 is 16.0 Å². The minimum absolute atomic E-state index is 0.00732. The number of nitrogens with zero attached hydrogens (tertiary/aromatic N) is 3. The summed E-state index contributed by atoms with van der Waals surface area (Å²) < 4.78 is 17.8. The van der Waals surface area contributed by atoms with E-state index in [-0.39, 0.29) is 61.0 Å². The van der Waals surface area contributed by atoms with Crippen molar-refractivity contribution in [3.8, 4) is 0 Å². The molecule has 1 aromatic rings. The zero-order chi connectivity index (χ0) is 41.7. The summed E-state index contributed by atoms with van der Waals surface area (Å²) in [6.07, 6.45) is -0.632. The maximum absolute atomic E-state index is 14.1. The van der Waals surface area contributed by atoms with Gasteiger partial charge in [0, 0.05) is 40.9 Å². The molecule has 2 fully saturated rings. The molecule has 0 bridgehead atoms. The van der Waals surface area contributed by atoms with Crippen molar-refractivity contribution in [1.29, 1.82) is 0 Å². The maximum atomic E-state index is 14.1. The van der Waals surface area contributed by atoms with Crippen LogP contribution in [0, 0.1) is 17.8 Å². The summed E-state index contributed by atoms with van der Waals surface area (Å²) >= 11 is 0. The fourth-order valence-electron chi connectivity index (χ4n) is 8.11. The number of benzene rings is 1. The number of carbonyl (C=O) groups is 5. The molecule has 2 saturated heterocycles. The molecule has 15 heteroatoms. The van der Waals surface area contributed by atoms with Crippen LogP contribution in [0.4, 0.5) is 4.79 Å². The van der Waals surface area contributed by atoms with Gasteiger partial charge in [-0.1, -0.05) is 71.4 Å². The third-order valence-electron chi connectivity index (χ3n) is 11.6. The minimum atomic E-state index is -0.792. The molecule has 0 aliphatic carbocycles. The molecule has 5 amide bonds. The molecule has 0 spiro atoms. The van der Waals surface area contributed by atoms with E-state index in [0.717, 1.165) is 12.8 Å². The van der Waals surface area contributed by atoms with Crippen LogP contribution in [-0.2, 0) is 33.4 Å². The van der Waals surface area contributed by atoms with E-state index in [1.54, 1.807) is 37.7 Å². The lowest BCUT2D eigenvalue weighted by molar-refractivity contribution is -0.146. The van der Waals surface area contributed by atoms with Crippen LogP contribution in [0.3, 0.4) is 0 Å². The number of ether oxygens (including phenoxy) is 3. The lowest BCUT2D eigenvalue weighted by Crippen LogP contribution is -2.55. The normalized spacial score (nSPS) is 21.4. The van der Waals surface area contributed by atoms with E-state index in [1.165, 1.54) is 19.1 Å². The number of carbonyl (C=O) groups excluding carboxylic acids is 5. The molecule has 56 heavy (non-hydrogen) atoms. The van der Waals surface area contributed by atoms with Crippen molar-refractivity contribution in [3.63, 3.8) is 0 Å². The van der Waals surface area contributed by atoms with E-state index >= 15 is 0 Å². The molecule has 316 valence electrons. The largest absolute Gasteiger partial charge is 0.439 e. The van der Waals surface area contributed by atoms with Crippen LogP contribution in [-0.4, -0.2) is 147 Å². The van der Waals surface area contributed by atoms with Crippen molar-refractivity contribution in [3.05, 3.63) is 35.9 Å². The number of hydrogen-bond donors (Lipinski definition) is 4. The van der Waals surface area contributed by atoms with Gasteiger partial charge >= 0.3 is 6.09 Å². The topological polar surface area (TPSA) is 179 Å². The number of rotatable bonds is 20. The van der Waals surface area contributed by atoms with Gasteiger partial charge in [0.2, 0.25) is 23.6 Å². The van der Waals surface area contributed by atoms with Crippen molar-refractivity contribution in [2.45, 2.75) is 122 Å². The summed E-state index contributed by atoms with van der Waals surface area (Å²) in [5.41, 5.74) is 0.714. The number of methoxy groups -OCH3 is 2. The van der Waals surface area contributed by atoms with E-state index in [0.29, 0.717) is 31.5 Å². The minimum Gasteiger partial charge on any atom is -0.439 e. The zero-order valence-electron chi connectivity index (χ0n) is 35.2. The first kappa shape index (κ1) is 46.6. The van der Waals surface area contributed by atoms with Crippen LogP contribution in [0.2, 0.25) is 0 Å². The Morgan fingerprint density at radius 3 is 2.20 bits per heavy atom. The highest BCUT2D eigenvalue weighted by Gasteiger charge is 2.43. The third kappa shape index (κ3) is 12.1. The van der Waals surface area contributed by atoms with Crippen LogP contribution in [0.1, 0.15) is 85.3 Å². The molecule has 2 aliphatic heterocycles. The SMILES string of the molecule is CCC(C)C(C(CC(=O)N1CCCC1C(OC)C(C)C(=O)NC(C)C(OC(=O)N1CCC(O)C1)c1ccccc1)OC)N(C)C(=O)CNC(=O)C(NC)C(C)C. The number of hydrogen-bond acceptors (Lipinski definition) is 10. The van der Waals surface area contributed by atoms with Gasteiger partial charge in [0.15, 0.2) is 0 Å². The number of nitrogens with one attached hydrogen (secondary N) is 3. The van der Waals surface area contributed by atoms with Crippen LogP contribution in [0.15, 0.2) is 30.3 Å². The van der Waals surface area contributed by atoms with E-state index in [1.807, 2.05) is 58.0 Å². The second-order valence-electron chi connectivity index (χ2n) is 15.8. The van der Waals surface area contributed by atoms with Crippen LogP contribution in [0.25, 0.3) is 0 Å². The van der Waals surface area contributed by atoms with Gasteiger partial charge in [-0.2, -0.15) is 0 Å². The number of aliphatic hydroxyl groups excluding tert-OH is 1. The third-order valence-corrected chi connectivity index (χ3v) is 11.6. The predicted octanol–water partition coefficient (Wildman–Crippen LogP) is 2.72. The first-order valence-electron chi connectivity index (χ1n) is 20.1. The summed E-state index contributed by atoms with van der Waals surface area (Å²) in [6, 6.07) is 7.31. The Morgan fingerprint density at radius 1 is 0.964 bits per heavy atom. The van der Waals surface area contributed by atoms with E-state index in [4.69, 9.17) is 14.2 Å². The second-order valence-corrected chi connectivity index (χ2v) is 15.8. The van der Waals surface area contributed by atoms with Crippen molar-refractivity contribution in [1.82, 2.24) is 30.7 Å². The van der Waals surface area contributed by atoms with Crippen LogP contribution >= 0.6 is 0 Å². The van der Waals surface area contributed by atoms with Gasteiger partial charge in [-0.25, -0.2) is 4.79 Å². The molecule has 15 nitrogen and oxygen atoms in total. The summed E-state index contributed by atoms with van der Waals surface area (Å²) in [5.74, 6) is -1.68. The molecule has 10 unspecified atom stereocenters. The summed E-state index contributed by atoms with van der Waals surface area (Å²) in [4.78, 5) is 72.1. The van der Waals surface area contributed by atoms with E-state index < -0.39 is 54.6 Å². The monoisotopic (exact) mass is 789 g/mol. The Hall–Kier alpha value is -3.79. The molecule has 3 rings (SSSR count). The highest BCUT2D eigenvalue weighted by Crippen LogP contribution is 2.30. The molecule has 4 N–H and O–H groups in total. The Morgan fingerprint density at radius 2 is 1.64 bits per heavy atom. The van der Waals surface area contributed by atoms with Gasteiger partial charge in [-0.3, -0.25) is 19.2 Å². The highest BCUT2D eigenvalue weighted by molar-refractivity contribution is 5.87.